The summed E-state index contributed by atoms with van der Waals surface area (Å²) in [7, 11) is 0. The first-order valence-corrected chi connectivity index (χ1v) is 9.13. The third-order valence-electron chi connectivity index (χ3n) is 4.68. The van der Waals surface area contributed by atoms with E-state index in [0.717, 1.165) is 38.7 Å². The predicted molar refractivity (Wildman–Crippen MR) is 98.7 cm³/mol. The van der Waals surface area contributed by atoms with E-state index in [1.807, 2.05) is 0 Å². The van der Waals surface area contributed by atoms with E-state index in [1.54, 1.807) is 30.3 Å². The highest BCUT2D eigenvalue weighted by Gasteiger charge is 2.15. The molecule has 1 heterocycles. The fraction of sp³-hybridized carbons (Fsp3) is 0.381. The lowest BCUT2D eigenvalue weighted by molar-refractivity contribution is 0.0947. The number of unbranched alkanes of at least 4 members (excludes halogenated alkanes) is 1. The minimum Gasteiger partial charge on any atom is -0.504 e. The van der Waals surface area contributed by atoms with Crippen LogP contribution in [0.25, 0.3) is 11.1 Å². The number of ether oxygens (including phenoxy) is 1. The molecule has 1 fully saturated rings. The zero-order valence-corrected chi connectivity index (χ0v) is 14.7. The fourth-order valence-corrected chi connectivity index (χ4v) is 3.25. The van der Waals surface area contributed by atoms with E-state index >= 15 is 0 Å². The number of para-hydroxylation sites is 1. The monoisotopic (exact) mass is 357 g/mol. The zero-order valence-electron chi connectivity index (χ0n) is 14.7. The number of aromatic hydroxyl groups is 1. The number of benzene rings is 2. The van der Waals surface area contributed by atoms with Gasteiger partial charge in [0.2, 0.25) is 0 Å². The molecule has 0 radical (unpaired) electrons. The lowest BCUT2D eigenvalue weighted by Gasteiger charge is -2.10. The minimum absolute atomic E-state index is 0.167. The summed E-state index contributed by atoms with van der Waals surface area (Å²) < 4.78 is 19.1. The van der Waals surface area contributed by atoms with Gasteiger partial charge in [-0.05, 0) is 55.9 Å². The first-order valence-electron chi connectivity index (χ1n) is 9.13. The molecular weight excluding hydrogens is 333 g/mol. The molecular formula is C21H24FNO3. The number of amides is 1. The molecule has 4 nitrogen and oxygen atoms in total. The Bertz CT molecular complexity index is 757. The summed E-state index contributed by atoms with van der Waals surface area (Å²) >= 11 is 0. The van der Waals surface area contributed by atoms with Crippen LogP contribution < -0.4 is 5.32 Å². The number of hydrogen-bond donors (Lipinski definition) is 2. The topological polar surface area (TPSA) is 58.6 Å². The number of hydrogen-bond acceptors (Lipinski definition) is 3. The summed E-state index contributed by atoms with van der Waals surface area (Å²) in [5, 5.41) is 12.8. The lowest BCUT2D eigenvalue weighted by Crippen LogP contribution is -2.24. The molecule has 0 aliphatic carbocycles. The summed E-state index contributed by atoms with van der Waals surface area (Å²) in [6, 6.07) is 11.2. The van der Waals surface area contributed by atoms with Crippen LogP contribution in [-0.2, 0) is 4.74 Å². The molecule has 1 amide bonds. The molecule has 5 heteroatoms. The second kappa shape index (κ2) is 8.81. The molecule has 1 atom stereocenters. The number of rotatable bonds is 7. The molecule has 2 aromatic carbocycles. The molecule has 1 aliphatic heterocycles. The van der Waals surface area contributed by atoms with Gasteiger partial charge in [0.1, 0.15) is 0 Å². The summed E-state index contributed by atoms with van der Waals surface area (Å²) in [5.74, 6) is -1.25. The van der Waals surface area contributed by atoms with Crippen LogP contribution in [0.2, 0.25) is 0 Å². The van der Waals surface area contributed by atoms with Gasteiger partial charge in [0.05, 0.1) is 6.10 Å². The average Bonchev–Trinajstić information content (AvgIpc) is 3.17. The van der Waals surface area contributed by atoms with E-state index in [4.69, 9.17) is 4.74 Å². The Balaban J connectivity index is 1.54. The van der Waals surface area contributed by atoms with Crippen molar-refractivity contribution in [1.82, 2.24) is 5.32 Å². The number of phenolic OH excluding ortho intramolecular Hbond substituents is 1. The van der Waals surface area contributed by atoms with Crippen molar-refractivity contribution in [2.75, 3.05) is 13.2 Å². The second-order valence-corrected chi connectivity index (χ2v) is 6.60. The number of carbonyl (C=O) groups is 1. The van der Waals surface area contributed by atoms with Crippen molar-refractivity contribution in [3.8, 4) is 16.9 Å². The fourth-order valence-electron chi connectivity index (χ4n) is 3.25. The first kappa shape index (κ1) is 18.4. The van der Waals surface area contributed by atoms with Gasteiger partial charge in [-0.2, -0.15) is 0 Å². The third-order valence-corrected chi connectivity index (χ3v) is 4.68. The van der Waals surface area contributed by atoms with Crippen LogP contribution in [0.4, 0.5) is 4.39 Å². The van der Waals surface area contributed by atoms with E-state index in [9.17, 15) is 14.3 Å². The summed E-state index contributed by atoms with van der Waals surface area (Å²) in [6.45, 7) is 1.49. The van der Waals surface area contributed by atoms with Gasteiger partial charge >= 0.3 is 0 Å². The van der Waals surface area contributed by atoms with E-state index in [2.05, 4.69) is 5.32 Å². The van der Waals surface area contributed by atoms with E-state index in [-0.39, 0.29) is 5.91 Å². The minimum atomic E-state index is -0.677. The van der Waals surface area contributed by atoms with Crippen LogP contribution in [0.5, 0.6) is 5.75 Å². The van der Waals surface area contributed by atoms with Crippen LogP contribution in [0.1, 0.15) is 42.5 Å². The Hall–Kier alpha value is -2.40. The Morgan fingerprint density at radius 2 is 2.08 bits per heavy atom. The Kier molecular flexibility index (Phi) is 6.23. The molecule has 2 aromatic rings. The van der Waals surface area contributed by atoms with Crippen LogP contribution >= 0.6 is 0 Å². The van der Waals surface area contributed by atoms with Gasteiger partial charge in [-0.3, -0.25) is 4.79 Å². The zero-order chi connectivity index (χ0) is 18.4. The number of nitrogens with one attached hydrogen (secondary N) is 1. The molecule has 0 bridgehead atoms. The SMILES string of the molecule is O=C(NCCCC[C@@H]1CCCO1)c1cccc(-c2cccc(F)c2O)c1. The molecule has 26 heavy (non-hydrogen) atoms. The molecule has 0 saturated carbocycles. The smallest absolute Gasteiger partial charge is 0.251 e. The van der Waals surface area contributed by atoms with Gasteiger partial charge in [0, 0.05) is 24.3 Å². The average molecular weight is 357 g/mol. The lowest BCUT2D eigenvalue weighted by atomic mass is 10.0. The molecule has 0 unspecified atom stereocenters. The molecule has 2 N–H and O–H groups in total. The van der Waals surface area contributed by atoms with Crippen LogP contribution in [-0.4, -0.2) is 30.3 Å². The number of phenols is 1. The van der Waals surface area contributed by atoms with Gasteiger partial charge < -0.3 is 15.2 Å². The maximum atomic E-state index is 13.5. The first-order chi connectivity index (χ1) is 12.6. The third kappa shape index (κ3) is 4.61. The van der Waals surface area contributed by atoms with E-state index in [0.29, 0.717) is 29.3 Å². The highest BCUT2D eigenvalue weighted by molar-refractivity contribution is 5.95. The molecule has 1 aliphatic rings. The molecule has 1 saturated heterocycles. The second-order valence-electron chi connectivity index (χ2n) is 6.60. The van der Waals surface area contributed by atoms with Gasteiger partial charge in [0.15, 0.2) is 11.6 Å². The van der Waals surface area contributed by atoms with Crippen LogP contribution in [0, 0.1) is 5.82 Å². The van der Waals surface area contributed by atoms with Gasteiger partial charge in [-0.1, -0.05) is 24.3 Å². The summed E-state index contributed by atoms with van der Waals surface area (Å²) in [5.41, 5.74) is 1.47. The van der Waals surface area contributed by atoms with Crippen molar-refractivity contribution in [3.05, 3.63) is 53.8 Å². The van der Waals surface area contributed by atoms with Crippen molar-refractivity contribution in [1.29, 1.82) is 0 Å². The normalized spacial score (nSPS) is 16.6. The Morgan fingerprint density at radius 3 is 2.88 bits per heavy atom. The quantitative estimate of drug-likeness (QED) is 0.727. The van der Waals surface area contributed by atoms with Crippen molar-refractivity contribution >= 4 is 5.91 Å². The van der Waals surface area contributed by atoms with Crippen molar-refractivity contribution in [2.45, 2.75) is 38.2 Å². The number of carbonyl (C=O) groups excluding carboxylic acids is 1. The largest absolute Gasteiger partial charge is 0.504 e. The van der Waals surface area contributed by atoms with Gasteiger partial charge in [-0.15, -0.1) is 0 Å². The summed E-state index contributed by atoms with van der Waals surface area (Å²) in [6.07, 6.45) is 5.67. The van der Waals surface area contributed by atoms with E-state index in [1.165, 1.54) is 12.1 Å². The number of halogens is 1. The predicted octanol–water partition coefficient (Wildman–Crippen LogP) is 4.28. The van der Waals surface area contributed by atoms with Gasteiger partial charge in [0.25, 0.3) is 5.91 Å². The van der Waals surface area contributed by atoms with Gasteiger partial charge in [-0.25, -0.2) is 4.39 Å². The van der Waals surface area contributed by atoms with Crippen molar-refractivity contribution in [3.63, 3.8) is 0 Å². The molecule has 3 rings (SSSR count). The van der Waals surface area contributed by atoms with Crippen molar-refractivity contribution in [2.24, 2.45) is 0 Å². The van der Waals surface area contributed by atoms with Crippen LogP contribution in [0.3, 0.4) is 0 Å². The van der Waals surface area contributed by atoms with Crippen molar-refractivity contribution < 1.29 is 19.0 Å². The molecule has 0 aromatic heterocycles. The van der Waals surface area contributed by atoms with Crippen LogP contribution in [0.15, 0.2) is 42.5 Å². The standard InChI is InChI=1S/C21H24FNO3/c22-19-11-4-10-18(20(19)24)15-6-3-7-16(14-15)21(25)23-12-2-1-8-17-9-5-13-26-17/h3-4,6-7,10-11,14,17,24H,1-2,5,8-9,12-13H2,(H,23,25)/t17-/m1/s1. The Labute approximate surface area is 153 Å². The Morgan fingerprint density at radius 1 is 1.23 bits per heavy atom. The maximum absolute atomic E-state index is 13.5. The molecule has 138 valence electrons. The molecule has 0 spiro atoms. The van der Waals surface area contributed by atoms with E-state index < -0.39 is 11.6 Å². The highest BCUT2D eigenvalue weighted by atomic mass is 19.1. The highest BCUT2D eigenvalue weighted by Crippen LogP contribution is 2.31. The maximum Gasteiger partial charge on any atom is 0.251 e. The summed E-state index contributed by atoms with van der Waals surface area (Å²) in [4.78, 5) is 12.3.